The maximum Gasteiger partial charge on any atom is 0.325 e. The van der Waals surface area contributed by atoms with Crippen molar-refractivity contribution in [3.8, 4) is 0 Å². The molecule has 0 aliphatic carbocycles. The molecule has 7 nitrogen and oxygen atoms in total. The van der Waals surface area contributed by atoms with E-state index in [2.05, 4.69) is 10.6 Å². The van der Waals surface area contributed by atoms with Gasteiger partial charge in [-0.05, 0) is 36.2 Å². The molecule has 1 aliphatic rings. The second kappa shape index (κ2) is 8.05. The molecule has 1 saturated heterocycles. The van der Waals surface area contributed by atoms with Gasteiger partial charge in [0.05, 0.1) is 12.8 Å². The molecule has 136 valence electrons. The molecule has 8 heteroatoms. The molecule has 1 atom stereocenters. The summed E-state index contributed by atoms with van der Waals surface area (Å²) in [5.41, 5.74) is 0.890. The van der Waals surface area contributed by atoms with Crippen LogP contribution in [0.25, 0.3) is 0 Å². The van der Waals surface area contributed by atoms with Crippen molar-refractivity contribution in [3.63, 3.8) is 0 Å². The summed E-state index contributed by atoms with van der Waals surface area (Å²) in [7, 11) is 0. The number of nitrogens with zero attached hydrogens (tertiary/aromatic N) is 1. The lowest BCUT2D eigenvalue weighted by Crippen LogP contribution is -2.32. The van der Waals surface area contributed by atoms with Crippen LogP contribution >= 0.6 is 11.6 Å². The van der Waals surface area contributed by atoms with Crippen molar-refractivity contribution >= 4 is 29.4 Å². The van der Waals surface area contributed by atoms with Crippen LogP contribution in [0.5, 0.6) is 0 Å². The van der Waals surface area contributed by atoms with Gasteiger partial charge in [-0.25, -0.2) is 4.79 Å². The molecule has 1 fully saturated rings. The Bertz CT molecular complexity index is 807. The highest BCUT2D eigenvalue weighted by Crippen LogP contribution is 2.15. The molecule has 1 aliphatic heterocycles. The lowest BCUT2D eigenvalue weighted by molar-refractivity contribution is -0.128. The highest BCUT2D eigenvalue weighted by Gasteiger charge is 2.38. The van der Waals surface area contributed by atoms with Crippen molar-refractivity contribution < 1.29 is 18.8 Å². The molecule has 2 N–H and O–H groups in total. The Morgan fingerprint density at radius 1 is 1.27 bits per heavy atom. The Morgan fingerprint density at radius 2 is 2.12 bits per heavy atom. The van der Waals surface area contributed by atoms with Crippen LogP contribution in [0.15, 0.2) is 47.1 Å². The fraction of sp³-hybridized carbons (Fsp3) is 0.278. The maximum atomic E-state index is 12.3. The summed E-state index contributed by atoms with van der Waals surface area (Å²) < 4.78 is 5.16. The second-order valence-corrected chi connectivity index (χ2v) is 6.39. The molecule has 26 heavy (non-hydrogen) atoms. The number of halogens is 1. The number of amides is 4. The predicted molar refractivity (Wildman–Crippen MR) is 94.1 cm³/mol. The number of rotatable bonds is 7. The van der Waals surface area contributed by atoms with E-state index in [1.54, 1.807) is 24.3 Å². The molecule has 4 amide bonds. The van der Waals surface area contributed by atoms with Crippen LogP contribution in [0.2, 0.25) is 5.02 Å². The van der Waals surface area contributed by atoms with Gasteiger partial charge in [-0.1, -0.05) is 23.7 Å². The average Bonchev–Trinajstić information content (AvgIpc) is 3.22. The number of benzene rings is 1. The molecule has 2 heterocycles. The van der Waals surface area contributed by atoms with Gasteiger partial charge in [0.2, 0.25) is 5.91 Å². The van der Waals surface area contributed by atoms with Crippen LogP contribution < -0.4 is 10.6 Å². The van der Waals surface area contributed by atoms with Crippen LogP contribution in [0.4, 0.5) is 4.79 Å². The third kappa shape index (κ3) is 4.43. The van der Waals surface area contributed by atoms with Crippen LogP contribution in [-0.2, 0) is 22.7 Å². The second-order valence-electron chi connectivity index (χ2n) is 5.95. The first-order chi connectivity index (χ1) is 12.5. The molecule has 1 unspecified atom stereocenters. The number of carbonyl (C=O) groups excluding carboxylic acids is 3. The summed E-state index contributed by atoms with van der Waals surface area (Å²) >= 11 is 5.90. The smallest absolute Gasteiger partial charge is 0.325 e. The number of hydrogen-bond acceptors (Lipinski definition) is 4. The zero-order chi connectivity index (χ0) is 18.5. The van der Waals surface area contributed by atoms with Gasteiger partial charge in [0.1, 0.15) is 11.8 Å². The highest BCUT2D eigenvalue weighted by atomic mass is 35.5. The van der Waals surface area contributed by atoms with E-state index < -0.39 is 12.1 Å². The Hall–Kier alpha value is -2.80. The average molecular weight is 376 g/mol. The topological polar surface area (TPSA) is 91.7 Å². The third-order valence-corrected chi connectivity index (χ3v) is 4.27. The van der Waals surface area contributed by atoms with Crippen molar-refractivity contribution in [2.24, 2.45) is 0 Å². The summed E-state index contributed by atoms with van der Waals surface area (Å²) in [6, 6.07) is 9.41. The minimum absolute atomic E-state index is 0.0785. The summed E-state index contributed by atoms with van der Waals surface area (Å²) in [6.45, 7) is 0.435. The van der Waals surface area contributed by atoms with Crippen LogP contribution in [-0.4, -0.2) is 28.8 Å². The van der Waals surface area contributed by atoms with Crippen LogP contribution in [0, 0.1) is 0 Å². The van der Waals surface area contributed by atoms with Gasteiger partial charge in [0, 0.05) is 18.0 Å². The zero-order valence-corrected chi connectivity index (χ0v) is 14.7. The fourth-order valence-corrected chi connectivity index (χ4v) is 2.90. The highest BCUT2D eigenvalue weighted by molar-refractivity contribution is 6.30. The lowest BCUT2D eigenvalue weighted by atomic mass is 10.1. The van der Waals surface area contributed by atoms with Crippen molar-refractivity contribution in [3.05, 3.63) is 59.0 Å². The first-order valence-electron chi connectivity index (χ1n) is 8.18. The molecule has 0 bridgehead atoms. The van der Waals surface area contributed by atoms with Gasteiger partial charge in [-0.15, -0.1) is 0 Å². The van der Waals surface area contributed by atoms with E-state index in [0.29, 0.717) is 17.3 Å². The standard InChI is InChI=1S/C18H18ClN3O4/c19-13-4-1-3-12(9-13)10-20-16(23)7-6-15-17(24)22(18(25)21-15)11-14-5-2-8-26-14/h1-5,8-9,15H,6-7,10-11H2,(H,20,23)(H,21,25). The van der Waals surface area contributed by atoms with Gasteiger partial charge in [0.25, 0.3) is 5.91 Å². The van der Waals surface area contributed by atoms with E-state index in [4.69, 9.17) is 16.0 Å². The van der Waals surface area contributed by atoms with Gasteiger partial charge < -0.3 is 15.1 Å². The SMILES string of the molecule is O=C(CCC1NC(=O)N(Cc2ccco2)C1=O)NCc1cccc(Cl)c1. The minimum Gasteiger partial charge on any atom is -0.467 e. The van der Waals surface area contributed by atoms with E-state index in [1.165, 1.54) is 6.26 Å². The number of imide groups is 1. The van der Waals surface area contributed by atoms with Crippen LogP contribution in [0.3, 0.4) is 0 Å². The Morgan fingerprint density at radius 3 is 2.85 bits per heavy atom. The Kier molecular flexibility index (Phi) is 5.58. The quantitative estimate of drug-likeness (QED) is 0.727. The Labute approximate surface area is 155 Å². The minimum atomic E-state index is -0.700. The van der Waals surface area contributed by atoms with Gasteiger partial charge >= 0.3 is 6.03 Å². The number of furan rings is 1. The lowest BCUT2D eigenvalue weighted by Gasteiger charge is -2.11. The van der Waals surface area contributed by atoms with Gasteiger partial charge in [0.15, 0.2) is 0 Å². The molecular formula is C18H18ClN3O4. The number of hydrogen-bond donors (Lipinski definition) is 2. The summed E-state index contributed by atoms with van der Waals surface area (Å²) in [4.78, 5) is 37.4. The van der Waals surface area contributed by atoms with E-state index in [-0.39, 0.29) is 31.2 Å². The molecule has 0 spiro atoms. The van der Waals surface area contributed by atoms with Crippen molar-refractivity contribution in [1.29, 1.82) is 0 Å². The number of carbonyl (C=O) groups is 3. The molecule has 2 aromatic rings. The summed E-state index contributed by atoms with van der Waals surface area (Å²) in [6.07, 6.45) is 1.85. The third-order valence-electron chi connectivity index (χ3n) is 4.04. The first-order valence-corrected chi connectivity index (χ1v) is 8.56. The molecule has 0 radical (unpaired) electrons. The summed E-state index contributed by atoms with van der Waals surface area (Å²) in [5.74, 6) is -0.0287. The summed E-state index contributed by atoms with van der Waals surface area (Å²) in [5, 5.41) is 5.98. The van der Waals surface area contributed by atoms with Crippen LogP contribution in [0.1, 0.15) is 24.2 Å². The maximum absolute atomic E-state index is 12.3. The fourth-order valence-electron chi connectivity index (χ4n) is 2.69. The molecule has 1 aromatic heterocycles. The number of urea groups is 1. The normalized spacial score (nSPS) is 16.7. The molecular weight excluding hydrogens is 358 g/mol. The molecule has 0 saturated carbocycles. The van der Waals surface area contributed by atoms with E-state index in [1.807, 2.05) is 12.1 Å². The van der Waals surface area contributed by atoms with E-state index in [0.717, 1.165) is 10.5 Å². The van der Waals surface area contributed by atoms with Gasteiger partial charge in [-0.3, -0.25) is 14.5 Å². The van der Waals surface area contributed by atoms with E-state index in [9.17, 15) is 14.4 Å². The molecule has 3 rings (SSSR count). The number of nitrogens with one attached hydrogen (secondary N) is 2. The predicted octanol–water partition coefficient (Wildman–Crippen LogP) is 2.45. The van der Waals surface area contributed by atoms with Crippen molar-refractivity contribution in [2.45, 2.75) is 32.0 Å². The zero-order valence-electron chi connectivity index (χ0n) is 13.9. The van der Waals surface area contributed by atoms with Crippen molar-refractivity contribution in [1.82, 2.24) is 15.5 Å². The van der Waals surface area contributed by atoms with Gasteiger partial charge in [-0.2, -0.15) is 0 Å². The van der Waals surface area contributed by atoms with E-state index >= 15 is 0 Å². The monoisotopic (exact) mass is 375 g/mol. The molecule has 1 aromatic carbocycles. The largest absolute Gasteiger partial charge is 0.467 e. The Balaban J connectivity index is 1.46. The van der Waals surface area contributed by atoms with Crippen molar-refractivity contribution in [2.75, 3.05) is 0 Å². The first kappa shape index (κ1) is 18.0.